The highest BCUT2D eigenvalue weighted by Gasteiger charge is 2.38. The van der Waals surface area contributed by atoms with Crippen LogP contribution in [0.2, 0.25) is 0 Å². The molecule has 1 aliphatic rings. The van der Waals surface area contributed by atoms with Crippen molar-refractivity contribution in [3.05, 3.63) is 66.0 Å². The molecule has 0 radical (unpaired) electrons. The molecule has 5 heteroatoms. The van der Waals surface area contributed by atoms with Gasteiger partial charge in [0, 0.05) is 47.2 Å². The molecule has 0 amide bonds. The Kier molecular flexibility index (Phi) is 2.98. The van der Waals surface area contributed by atoms with Crippen molar-refractivity contribution in [3.63, 3.8) is 0 Å². The average molecular weight is 340 g/mol. The van der Waals surface area contributed by atoms with Gasteiger partial charge in [0.15, 0.2) is 0 Å². The van der Waals surface area contributed by atoms with E-state index in [1.807, 2.05) is 54.3 Å². The van der Waals surface area contributed by atoms with Gasteiger partial charge in [-0.2, -0.15) is 5.26 Å². The third-order valence-corrected chi connectivity index (χ3v) is 5.31. The molecule has 0 aliphatic carbocycles. The highest BCUT2D eigenvalue weighted by Crippen LogP contribution is 2.46. The van der Waals surface area contributed by atoms with Crippen LogP contribution in [0.1, 0.15) is 17.0 Å². The predicted octanol–water partition coefficient (Wildman–Crippen LogP) is 4.30. The van der Waals surface area contributed by atoms with E-state index in [1.165, 1.54) is 0 Å². The Balaban J connectivity index is 1.82. The zero-order valence-electron chi connectivity index (χ0n) is 14.2. The summed E-state index contributed by atoms with van der Waals surface area (Å²) in [6.45, 7) is 0. The highest BCUT2D eigenvalue weighted by atomic mass is 16.5. The van der Waals surface area contributed by atoms with Crippen molar-refractivity contribution in [3.8, 4) is 11.8 Å². The van der Waals surface area contributed by atoms with E-state index in [2.05, 4.69) is 23.2 Å². The normalized spacial score (nSPS) is 19.3. The number of aromatic amines is 1. The van der Waals surface area contributed by atoms with E-state index >= 15 is 0 Å². The molecule has 0 fully saturated rings. The third kappa shape index (κ3) is 1.87. The Morgan fingerprint density at radius 2 is 1.96 bits per heavy atom. The molecule has 0 saturated heterocycles. The number of ether oxygens (including phenoxy) is 1. The fourth-order valence-corrected chi connectivity index (χ4v) is 4.04. The Morgan fingerprint density at radius 1 is 1.12 bits per heavy atom. The lowest BCUT2D eigenvalue weighted by Gasteiger charge is -2.30. The Morgan fingerprint density at radius 3 is 2.81 bits per heavy atom. The Bertz CT molecular complexity index is 1220. The van der Waals surface area contributed by atoms with Gasteiger partial charge in [0.1, 0.15) is 11.7 Å². The van der Waals surface area contributed by atoms with Crippen LogP contribution in [0, 0.1) is 22.7 Å². The van der Waals surface area contributed by atoms with Crippen molar-refractivity contribution in [1.82, 2.24) is 9.55 Å². The molecule has 0 saturated carbocycles. The van der Waals surface area contributed by atoms with Gasteiger partial charge in [0.2, 0.25) is 5.90 Å². The van der Waals surface area contributed by atoms with Crippen LogP contribution in [0.4, 0.5) is 0 Å². The van der Waals surface area contributed by atoms with Crippen molar-refractivity contribution < 1.29 is 4.74 Å². The largest absolute Gasteiger partial charge is 0.441 e. The van der Waals surface area contributed by atoms with Crippen LogP contribution in [0.15, 0.2) is 54.9 Å². The second-order valence-electron chi connectivity index (χ2n) is 6.68. The second-order valence-corrected chi connectivity index (χ2v) is 6.68. The molecule has 0 bridgehead atoms. The Labute approximate surface area is 149 Å². The number of nitrogens with zero attached hydrogens (tertiary/aromatic N) is 2. The number of aryl methyl sites for hydroxylation is 1. The van der Waals surface area contributed by atoms with Crippen LogP contribution in [0.5, 0.6) is 5.75 Å². The summed E-state index contributed by atoms with van der Waals surface area (Å²) in [6.07, 6.45) is 3.94. The number of H-pyrrole nitrogens is 1. The minimum atomic E-state index is -0.650. The van der Waals surface area contributed by atoms with E-state index in [4.69, 9.17) is 10.1 Å². The van der Waals surface area contributed by atoms with Gasteiger partial charge in [0.05, 0.1) is 11.6 Å². The number of para-hydroxylation sites is 1. The number of nitriles is 1. The van der Waals surface area contributed by atoms with Crippen molar-refractivity contribution in [2.45, 2.75) is 5.92 Å². The van der Waals surface area contributed by atoms with E-state index < -0.39 is 5.92 Å². The van der Waals surface area contributed by atoms with Crippen molar-refractivity contribution >= 4 is 27.7 Å². The van der Waals surface area contributed by atoms with E-state index in [0.717, 1.165) is 32.9 Å². The number of aromatic nitrogens is 2. The molecule has 4 aromatic rings. The minimum Gasteiger partial charge on any atom is -0.441 e. The quantitative estimate of drug-likeness (QED) is 0.542. The number of hydrogen-bond acceptors (Lipinski definition) is 3. The van der Waals surface area contributed by atoms with Gasteiger partial charge in [-0.1, -0.05) is 24.3 Å². The second kappa shape index (κ2) is 5.24. The van der Waals surface area contributed by atoms with Gasteiger partial charge in [-0.05, 0) is 23.8 Å². The van der Waals surface area contributed by atoms with Gasteiger partial charge >= 0.3 is 0 Å². The van der Waals surface area contributed by atoms with Crippen molar-refractivity contribution in [2.75, 3.05) is 0 Å². The van der Waals surface area contributed by atoms with E-state index in [-0.39, 0.29) is 11.8 Å². The maximum Gasteiger partial charge on any atom is 0.205 e. The smallest absolute Gasteiger partial charge is 0.205 e. The third-order valence-electron chi connectivity index (χ3n) is 5.31. The molecule has 3 heterocycles. The molecule has 2 aromatic carbocycles. The van der Waals surface area contributed by atoms with Gasteiger partial charge in [-0.25, -0.2) is 0 Å². The van der Waals surface area contributed by atoms with Crippen LogP contribution in [0.3, 0.4) is 0 Å². The molecule has 2 aromatic heterocycles. The first kappa shape index (κ1) is 14.8. The lowest BCUT2D eigenvalue weighted by Crippen LogP contribution is -2.30. The SMILES string of the molecule is Cn1ccc2c3c(ccc21)C(c1c[nH]c2ccccc12)C(C#N)C(=N)O3. The van der Waals surface area contributed by atoms with Crippen LogP contribution < -0.4 is 4.74 Å². The van der Waals surface area contributed by atoms with E-state index in [1.54, 1.807) is 0 Å². The molecule has 5 rings (SSSR count). The summed E-state index contributed by atoms with van der Waals surface area (Å²) < 4.78 is 7.87. The summed E-state index contributed by atoms with van der Waals surface area (Å²) in [6, 6.07) is 16.4. The minimum absolute atomic E-state index is 0.00614. The van der Waals surface area contributed by atoms with Crippen molar-refractivity contribution in [1.29, 1.82) is 10.7 Å². The fraction of sp³-hybridized carbons (Fsp3) is 0.143. The van der Waals surface area contributed by atoms with Crippen LogP contribution in [-0.2, 0) is 7.05 Å². The number of rotatable bonds is 1. The van der Waals surface area contributed by atoms with Crippen LogP contribution in [0.25, 0.3) is 21.8 Å². The van der Waals surface area contributed by atoms with Crippen LogP contribution in [-0.4, -0.2) is 15.4 Å². The van der Waals surface area contributed by atoms with Crippen LogP contribution >= 0.6 is 0 Å². The first-order valence-corrected chi connectivity index (χ1v) is 8.49. The number of hydrogen-bond donors (Lipinski definition) is 2. The monoisotopic (exact) mass is 340 g/mol. The average Bonchev–Trinajstić information content (AvgIpc) is 3.24. The van der Waals surface area contributed by atoms with Crippen molar-refractivity contribution in [2.24, 2.45) is 13.0 Å². The summed E-state index contributed by atoms with van der Waals surface area (Å²) >= 11 is 0. The lowest BCUT2D eigenvalue weighted by atomic mass is 9.78. The van der Waals surface area contributed by atoms with Gasteiger partial charge < -0.3 is 14.3 Å². The molecule has 126 valence electrons. The number of benzene rings is 2. The summed E-state index contributed by atoms with van der Waals surface area (Å²) in [7, 11) is 1.98. The molecule has 2 atom stereocenters. The van der Waals surface area contributed by atoms with Gasteiger partial charge in [0.25, 0.3) is 0 Å². The standard InChI is InChI=1S/C21H16N4O/c1-25-9-8-13-18(25)7-6-14-19(15(10-22)21(23)26-20(13)14)16-11-24-17-5-3-2-4-12(16)17/h2-9,11,15,19,23-24H,1H3. The zero-order valence-corrected chi connectivity index (χ0v) is 14.2. The lowest BCUT2D eigenvalue weighted by molar-refractivity contribution is 0.456. The van der Waals surface area contributed by atoms with E-state index in [9.17, 15) is 5.26 Å². The van der Waals surface area contributed by atoms with E-state index in [0.29, 0.717) is 5.75 Å². The first-order chi connectivity index (χ1) is 12.7. The molecule has 0 spiro atoms. The molecule has 2 unspecified atom stereocenters. The zero-order chi connectivity index (χ0) is 17.8. The maximum absolute atomic E-state index is 9.76. The Hall–Kier alpha value is -3.52. The summed E-state index contributed by atoms with van der Waals surface area (Å²) in [5, 5.41) is 20.1. The summed E-state index contributed by atoms with van der Waals surface area (Å²) in [4.78, 5) is 3.29. The first-order valence-electron chi connectivity index (χ1n) is 8.49. The maximum atomic E-state index is 9.76. The highest BCUT2D eigenvalue weighted by molar-refractivity contribution is 5.96. The molecule has 1 aliphatic heterocycles. The fourth-order valence-electron chi connectivity index (χ4n) is 4.04. The summed E-state index contributed by atoms with van der Waals surface area (Å²) in [5.74, 6) is -0.193. The predicted molar refractivity (Wildman–Crippen MR) is 101 cm³/mol. The molecule has 5 nitrogen and oxygen atoms in total. The number of nitrogens with one attached hydrogen (secondary N) is 2. The molecule has 26 heavy (non-hydrogen) atoms. The molecular weight excluding hydrogens is 324 g/mol. The topological polar surface area (TPSA) is 77.6 Å². The number of fused-ring (bicyclic) bond motifs is 4. The summed E-state index contributed by atoms with van der Waals surface area (Å²) in [5.41, 5.74) is 4.05. The van der Waals surface area contributed by atoms with Gasteiger partial charge in [-0.3, -0.25) is 5.41 Å². The van der Waals surface area contributed by atoms with Gasteiger partial charge in [-0.15, -0.1) is 0 Å². The molecule has 2 N–H and O–H groups in total. The molecular formula is C21H16N4O.